The van der Waals surface area contributed by atoms with E-state index >= 15 is 0 Å². The predicted molar refractivity (Wildman–Crippen MR) is 81.8 cm³/mol. The maximum Gasteiger partial charge on any atom is 0.249 e. The van der Waals surface area contributed by atoms with Gasteiger partial charge in [-0.15, -0.1) is 0 Å². The summed E-state index contributed by atoms with van der Waals surface area (Å²) in [6.07, 6.45) is 5.62. The highest BCUT2D eigenvalue weighted by atomic mass is 16.5. The van der Waals surface area contributed by atoms with Gasteiger partial charge in [-0.05, 0) is 44.1 Å². The van der Waals surface area contributed by atoms with Gasteiger partial charge in [-0.25, -0.2) is 0 Å². The second-order valence-corrected chi connectivity index (χ2v) is 6.35. The average molecular weight is 288 g/mol. The Morgan fingerprint density at radius 1 is 1.29 bits per heavy atom. The topological polar surface area (TPSA) is 64.4 Å². The quantitative estimate of drug-likeness (QED) is 0.868. The van der Waals surface area contributed by atoms with E-state index in [9.17, 15) is 4.79 Å². The molecule has 0 radical (unpaired) electrons. The van der Waals surface area contributed by atoms with Crippen LogP contribution in [0.15, 0.2) is 30.3 Å². The summed E-state index contributed by atoms with van der Waals surface area (Å²) in [7, 11) is 0. The van der Waals surface area contributed by atoms with Gasteiger partial charge in [0.2, 0.25) is 5.91 Å². The van der Waals surface area contributed by atoms with E-state index in [0.717, 1.165) is 32.1 Å². The van der Waals surface area contributed by atoms with Gasteiger partial charge in [0.25, 0.3) is 0 Å². The van der Waals surface area contributed by atoms with Crippen LogP contribution < -0.4 is 11.1 Å². The first-order chi connectivity index (χ1) is 10.2. The number of hydrogen-bond donors (Lipinski definition) is 2. The standard InChI is InChI=1S/C17H24N2O2/c18-12-14-7-8-15(21-14)16(20)19-17(9-4-10-17)11-13-5-2-1-3-6-13/h1-3,5-6,14-15H,4,7-12,18H2,(H,19,20)/t14-,15+/m1/s1. The largest absolute Gasteiger partial charge is 0.364 e. The van der Waals surface area contributed by atoms with Crippen LogP contribution in [0.3, 0.4) is 0 Å². The van der Waals surface area contributed by atoms with Crippen LogP contribution >= 0.6 is 0 Å². The Bertz CT molecular complexity index is 485. The third kappa shape index (κ3) is 3.27. The van der Waals surface area contributed by atoms with Gasteiger partial charge in [-0.2, -0.15) is 0 Å². The van der Waals surface area contributed by atoms with E-state index in [0.29, 0.717) is 6.54 Å². The van der Waals surface area contributed by atoms with Crippen molar-refractivity contribution in [2.75, 3.05) is 6.54 Å². The van der Waals surface area contributed by atoms with Crippen LogP contribution in [0.4, 0.5) is 0 Å². The molecule has 1 aliphatic heterocycles. The minimum absolute atomic E-state index is 0.0431. The molecule has 3 rings (SSSR count). The Kier molecular flexibility index (Phi) is 4.27. The average Bonchev–Trinajstić information content (AvgIpc) is 2.95. The number of amides is 1. The summed E-state index contributed by atoms with van der Waals surface area (Å²) in [5.41, 5.74) is 6.82. The molecule has 1 saturated carbocycles. The third-order valence-corrected chi connectivity index (χ3v) is 4.75. The van der Waals surface area contributed by atoms with Crippen molar-refractivity contribution in [1.82, 2.24) is 5.32 Å². The first-order valence-electron chi connectivity index (χ1n) is 7.92. The molecule has 1 saturated heterocycles. The summed E-state index contributed by atoms with van der Waals surface area (Å²) in [5.74, 6) is 0.0431. The smallest absolute Gasteiger partial charge is 0.249 e. The van der Waals surface area contributed by atoms with E-state index < -0.39 is 0 Å². The lowest BCUT2D eigenvalue weighted by Gasteiger charge is -2.43. The number of nitrogens with two attached hydrogens (primary N) is 1. The predicted octanol–water partition coefficient (Wildman–Crippen LogP) is 1.77. The Balaban J connectivity index is 1.60. The first-order valence-corrected chi connectivity index (χ1v) is 7.92. The van der Waals surface area contributed by atoms with Crippen molar-refractivity contribution in [3.05, 3.63) is 35.9 Å². The molecule has 0 spiro atoms. The van der Waals surface area contributed by atoms with Crippen LogP contribution in [-0.4, -0.2) is 30.2 Å². The van der Waals surface area contributed by atoms with Crippen LogP contribution in [0.2, 0.25) is 0 Å². The fourth-order valence-corrected chi connectivity index (χ4v) is 3.35. The van der Waals surface area contributed by atoms with E-state index in [4.69, 9.17) is 10.5 Å². The molecule has 4 heteroatoms. The van der Waals surface area contributed by atoms with Crippen LogP contribution in [0.1, 0.15) is 37.7 Å². The van der Waals surface area contributed by atoms with Crippen LogP contribution in [0.25, 0.3) is 0 Å². The number of nitrogens with one attached hydrogen (secondary N) is 1. The Labute approximate surface area is 126 Å². The molecule has 1 aromatic carbocycles. The summed E-state index contributed by atoms with van der Waals surface area (Å²) in [6.45, 7) is 0.499. The SMILES string of the molecule is NC[C@H]1CC[C@@H](C(=O)NC2(Cc3ccccc3)CCC2)O1. The van der Waals surface area contributed by atoms with E-state index in [1.165, 1.54) is 12.0 Å². The van der Waals surface area contributed by atoms with Crippen LogP contribution in [0, 0.1) is 0 Å². The summed E-state index contributed by atoms with van der Waals surface area (Å²) >= 11 is 0. The molecule has 1 aromatic rings. The summed E-state index contributed by atoms with van der Waals surface area (Å²) in [5, 5.41) is 3.26. The van der Waals surface area contributed by atoms with E-state index in [-0.39, 0.29) is 23.7 Å². The molecule has 0 aromatic heterocycles. The number of carbonyl (C=O) groups is 1. The lowest BCUT2D eigenvalue weighted by molar-refractivity contribution is -0.135. The molecule has 0 unspecified atom stereocenters. The molecular formula is C17H24N2O2. The highest BCUT2D eigenvalue weighted by Gasteiger charge is 2.41. The highest BCUT2D eigenvalue weighted by Crippen LogP contribution is 2.35. The van der Waals surface area contributed by atoms with Gasteiger partial charge in [-0.1, -0.05) is 30.3 Å². The van der Waals surface area contributed by atoms with Crippen molar-refractivity contribution in [2.24, 2.45) is 5.73 Å². The van der Waals surface area contributed by atoms with Crippen molar-refractivity contribution >= 4 is 5.91 Å². The molecule has 2 atom stereocenters. The van der Waals surface area contributed by atoms with Gasteiger partial charge < -0.3 is 15.8 Å². The molecule has 2 fully saturated rings. The Morgan fingerprint density at radius 2 is 2.05 bits per heavy atom. The maximum absolute atomic E-state index is 12.4. The molecule has 1 amide bonds. The minimum Gasteiger partial charge on any atom is -0.364 e. The minimum atomic E-state index is -0.313. The van der Waals surface area contributed by atoms with Gasteiger partial charge in [0, 0.05) is 12.1 Å². The monoisotopic (exact) mass is 288 g/mol. The number of rotatable bonds is 5. The number of benzene rings is 1. The first kappa shape index (κ1) is 14.5. The Morgan fingerprint density at radius 3 is 2.62 bits per heavy atom. The fraction of sp³-hybridized carbons (Fsp3) is 0.588. The molecule has 1 aliphatic carbocycles. The zero-order valence-corrected chi connectivity index (χ0v) is 12.4. The molecule has 3 N–H and O–H groups in total. The fourth-order valence-electron chi connectivity index (χ4n) is 3.35. The molecular weight excluding hydrogens is 264 g/mol. The lowest BCUT2D eigenvalue weighted by Crippen LogP contribution is -2.57. The van der Waals surface area contributed by atoms with E-state index in [1.54, 1.807) is 0 Å². The second-order valence-electron chi connectivity index (χ2n) is 6.35. The van der Waals surface area contributed by atoms with E-state index in [2.05, 4.69) is 29.6 Å². The summed E-state index contributed by atoms with van der Waals surface area (Å²) in [6, 6.07) is 10.4. The third-order valence-electron chi connectivity index (χ3n) is 4.75. The normalized spacial score (nSPS) is 27.1. The highest BCUT2D eigenvalue weighted by molar-refractivity contribution is 5.82. The van der Waals surface area contributed by atoms with Gasteiger partial charge >= 0.3 is 0 Å². The van der Waals surface area contributed by atoms with Crippen molar-refractivity contribution in [3.63, 3.8) is 0 Å². The van der Waals surface area contributed by atoms with Crippen LogP contribution in [-0.2, 0) is 16.0 Å². The summed E-state index contributed by atoms with van der Waals surface area (Å²) < 4.78 is 5.70. The summed E-state index contributed by atoms with van der Waals surface area (Å²) in [4.78, 5) is 12.4. The maximum atomic E-state index is 12.4. The molecule has 21 heavy (non-hydrogen) atoms. The lowest BCUT2D eigenvalue weighted by atomic mass is 9.72. The molecule has 2 aliphatic rings. The number of carbonyl (C=O) groups excluding carboxylic acids is 1. The van der Waals surface area contributed by atoms with Crippen LogP contribution in [0.5, 0.6) is 0 Å². The van der Waals surface area contributed by atoms with Gasteiger partial charge in [0.15, 0.2) is 0 Å². The van der Waals surface area contributed by atoms with Gasteiger partial charge in [0.05, 0.1) is 6.10 Å². The van der Waals surface area contributed by atoms with Crippen molar-refractivity contribution in [1.29, 1.82) is 0 Å². The van der Waals surface area contributed by atoms with Gasteiger partial charge in [0.1, 0.15) is 6.10 Å². The van der Waals surface area contributed by atoms with Crippen molar-refractivity contribution in [2.45, 2.75) is 56.3 Å². The molecule has 114 valence electrons. The zero-order chi connectivity index (χ0) is 14.7. The molecule has 0 bridgehead atoms. The van der Waals surface area contributed by atoms with E-state index in [1.807, 2.05) is 6.07 Å². The zero-order valence-electron chi connectivity index (χ0n) is 12.4. The van der Waals surface area contributed by atoms with Crippen molar-refractivity contribution < 1.29 is 9.53 Å². The second kappa shape index (κ2) is 6.16. The number of ether oxygens (including phenoxy) is 1. The number of hydrogen-bond acceptors (Lipinski definition) is 3. The molecule has 1 heterocycles. The van der Waals surface area contributed by atoms with Crippen molar-refractivity contribution in [3.8, 4) is 0 Å². The molecule has 4 nitrogen and oxygen atoms in total. The van der Waals surface area contributed by atoms with Gasteiger partial charge in [-0.3, -0.25) is 4.79 Å². The Hall–Kier alpha value is -1.39.